The van der Waals surface area contributed by atoms with Crippen molar-refractivity contribution in [2.24, 2.45) is 17.3 Å². The SMILES string of the molecule is CC(C)CC(C)CC(C)(C(=O)O)C(=O)NC1CC1. The van der Waals surface area contributed by atoms with Gasteiger partial charge in [0, 0.05) is 6.04 Å². The number of rotatable bonds is 7. The maximum atomic E-state index is 12.1. The first-order valence-corrected chi connectivity index (χ1v) is 6.80. The van der Waals surface area contributed by atoms with Crippen LogP contribution >= 0.6 is 0 Å². The fourth-order valence-corrected chi connectivity index (χ4v) is 2.43. The summed E-state index contributed by atoms with van der Waals surface area (Å²) in [6.07, 6.45) is 3.30. The number of amides is 1. The average Bonchev–Trinajstić information content (AvgIpc) is 2.99. The maximum Gasteiger partial charge on any atom is 0.318 e. The Labute approximate surface area is 109 Å². The summed E-state index contributed by atoms with van der Waals surface area (Å²) in [6, 6.07) is 0.205. The molecule has 4 heteroatoms. The molecule has 1 saturated carbocycles. The van der Waals surface area contributed by atoms with E-state index in [1.54, 1.807) is 6.92 Å². The molecule has 0 aromatic carbocycles. The summed E-state index contributed by atoms with van der Waals surface area (Å²) in [5.74, 6) is -0.593. The van der Waals surface area contributed by atoms with E-state index < -0.39 is 11.4 Å². The summed E-state index contributed by atoms with van der Waals surface area (Å²) in [4.78, 5) is 23.5. The van der Waals surface area contributed by atoms with Crippen LogP contribution in [0.4, 0.5) is 0 Å². The predicted octanol–water partition coefficient (Wildman–Crippen LogP) is 2.43. The molecule has 0 saturated heterocycles. The van der Waals surface area contributed by atoms with Crippen LogP contribution in [0.1, 0.15) is 53.4 Å². The number of hydrogen-bond acceptors (Lipinski definition) is 2. The zero-order chi connectivity index (χ0) is 13.9. The highest BCUT2D eigenvalue weighted by atomic mass is 16.4. The largest absolute Gasteiger partial charge is 0.480 e. The van der Waals surface area contributed by atoms with Gasteiger partial charge in [-0.05, 0) is 44.4 Å². The van der Waals surface area contributed by atoms with Crippen molar-refractivity contribution >= 4 is 11.9 Å². The molecule has 2 N–H and O–H groups in total. The molecule has 104 valence electrons. The monoisotopic (exact) mass is 255 g/mol. The minimum atomic E-state index is -1.29. The number of carbonyl (C=O) groups excluding carboxylic acids is 1. The Morgan fingerprint density at radius 3 is 2.28 bits per heavy atom. The van der Waals surface area contributed by atoms with Crippen molar-refractivity contribution < 1.29 is 14.7 Å². The van der Waals surface area contributed by atoms with E-state index in [2.05, 4.69) is 19.2 Å². The second-order valence-electron chi connectivity index (χ2n) is 6.32. The normalized spacial score (nSPS) is 20.3. The van der Waals surface area contributed by atoms with Gasteiger partial charge in [0.25, 0.3) is 0 Å². The van der Waals surface area contributed by atoms with Crippen LogP contribution in [0.2, 0.25) is 0 Å². The van der Waals surface area contributed by atoms with Crippen molar-refractivity contribution in [3.8, 4) is 0 Å². The van der Waals surface area contributed by atoms with E-state index >= 15 is 0 Å². The Kier molecular flexibility index (Phi) is 4.77. The third kappa shape index (κ3) is 4.00. The Bertz CT molecular complexity index is 323. The Hall–Kier alpha value is -1.06. The standard InChI is InChI=1S/C14H25NO3/c1-9(2)7-10(3)8-14(4,13(17)18)12(16)15-11-5-6-11/h9-11H,5-8H2,1-4H3,(H,15,16)(H,17,18). The van der Waals surface area contributed by atoms with E-state index in [1.807, 2.05) is 6.92 Å². The van der Waals surface area contributed by atoms with Crippen molar-refractivity contribution in [1.29, 1.82) is 0 Å². The van der Waals surface area contributed by atoms with Gasteiger partial charge in [0.1, 0.15) is 5.41 Å². The van der Waals surface area contributed by atoms with Gasteiger partial charge in [-0.25, -0.2) is 0 Å². The highest BCUT2D eigenvalue weighted by Crippen LogP contribution is 2.31. The molecule has 1 fully saturated rings. The summed E-state index contributed by atoms with van der Waals surface area (Å²) in [5, 5.41) is 12.2. The Morgan fingerprint density at radius 2 is 1.89 bits per heavy atom. The van der Waals surface area contributed by atoms with E-state index in [4.69, 9.17) is 0 Å². The molecular formula is C14H25NO3. The summed E-state index contributed by atoms with van der Waals surface area (Å²) < 4.78 is 0. The first-order chi connectivity index (χ1) is 8.25. The van der Waals surface area contributed by atoms with Crippen LogP contribution in [0, 0.1) is 17.3 Å². The molecule has 2 atom stereocenters. The first-order valence-electron chi connectivity index (χ1n) is 6.80. The van der Waals surface area contributed by atoms with E-state index in [0.29, 0.717) is 12.3 Å². The van der Waals surface area contributed by atoms with Gasteiger partial charge < -0.3 is 10.4 Å². The number of carbonyl (C=O) groups is 2. The number of aliphatic carboxylic acids is 1. The first kappa shape index (κ1) is 15.0. The predicted molar refractivity (Wildman–Crippen MR) is 70.1 cm³/mol. The smallest absolute Gasteiger partial charge is 0.318 e. The van der Waals surface area contributed by atoms with E-state index in [-0.39, 0.29) is 17.9 Å². The molecule has 1 aliphatic carbocycles. The van der Waals surface area contributed by atoms with Gasteiger partial charge in [-0.15, -0.1) is 0 Å². The van der Waals surface area contributed by atoms with Crippen molar-refractivity contribution in [1.82, 2.24) is 5.32 Å². The van der Waals surface area contributed by atoms with Crippen LogP contribution in [-0.2, 0) is 9.59 Å². The van der Waals surface area contributed by atoms with Crippen LogP contribution < -0.4 is 5.32 Å². The van der Waals surface area contributed by atoms with E-state index in [9.17, 15) is 14.7 Å². The zero-order valence-corrected chi connectivity index (χ0v) is 11.8. The number of carboxylic acid groups (broad SMARTS) is 1. The molecule has 1 rings (SSSR count). The molecule has 0 aromatic heterocycles. The lowest BCUT2D eigenvalue weighted by molar-refractivity contribution is -0.156. The van der Waals surface area contributed by atoms with Crippen LogP contribution in [0.3, 0.4) is 0 Å². The van der Waals surface area contributed by atoms with Crippen LogP contribution in [0.15, 0.2) is 0 Å². The molecule has 0 bridgehead atoms. The fourth-order valence-electron chi connectivity index (χ4n) is 2.43. The highest BCUT2D eigenvalue weighted by Gasteiger charge is 2.44. The summed E-state index contributed by atoms with van der Waals surface area (Å²) in [6.45, 7) is 7.78. The molecule has 18 heavy (non-hydrogen) atoms. The molecule has 2 unspecified atom stereocenters. The van der Waals surface area contributed by atoms with Gasteiger partial charge >= 0.3 is 5.97 Å². The van der Waals surface area contributed by atoms with Crippen molar-refractivity contribution in [2.75, 3.05) is 0 Å². The van der Waals surface area contributed by atoms with Gasteiger partial charge in [0.2, 0.25) is 5.91 Å². The van der Waals surface area contributed by atoms with Gasteiger partial charge in [-0.3, -0.25) is 9.59 Å². The number of nitrogens with one attached hydrogen (secondary N) is 1. The summed E-state index contributed by atoms with van der Waals surface area (Å²) in [7, 11) is 0. The topological polar surface area (TPSA) is 66.4 Å². The highest BCUT2D eigenvalue weighted by molar-refractivity contribution is 6.01. The molecule has 1 amide bonds. The third-order valence-corrected chi connectivity index (χ3v) is 3.52. The van der Waals surface area contributed by atoms with Crippen LogP contribution in [0.25, 0.3) is 0 Å². The molecule has 0 aromatic rings. The molecule has 4 nitrogen and oxygen atoms in total. The zero-order valence-electron chi connectivity index (χ0n) is 11.8. The maximum absolute atomic E-state index is 12.1. The summed E-state index contributed by atoms with van der Waals surface area (Å²) in [5.41, 5.74) is -1.29. The molecule has 1 aliphatic rings. The lowest BCUT2D eigenvalue weighted by Crippen LogP contribution is -2.46. The molecule has 0 radical (unpaired) electrons. The molecule has 0 heterocycles. The van der Waals surface area contributed by atoms with Gasteiger partial charge in [-0.2, -0.15) is 0 Å². The lowest BCUT2D eigenvalue weighted by atomic mass is 9.78. The average molecular weight is 255 g/mol. The fraction of sp³-hybridized carbons (Fsp3) is 0.857. The summed E-state index contributed by atoms with van der Waals surface area (Å²) >= 11 is 0. The lowest BCUT2D eigenvalue weighted by Gasteiger charge is -2.27. The molecule has 0 spiro atoms. The molecular weight excluding hydrogens is 230 g/mol. The second-order valence-corrected chi connectivity index (χ2v) is 6.32. The minimum Gasteiger partial charge on any atom is -0.480 e. The quantitative estimate of drug-likeness (QED) is 0.687. The minimum absolute atomic E-state index is 0.205. The van der Waals surface area contributed by atoms with Crippen LogP contribution in [-0.4, -0.2) is 23.0 Å². The number of hydrogen-bond donors (Lipinski definition) is 2. The van der Waals surface area contributed by atoms with E-state index in [0.717, 1.165) is 19.3 Å². The third-order valence-electron chi connectivity index (χ3n) is 3.52. The van der Waals surface area contributed by atoms with Crippen molar-refractivity contribution in [3.05, 3.63) is 0 Å². The van der Waals surface area contributed by atoms with Gasteiger partial charge in [0.15, 0.2) is 0 Å². The Balaban J connectivity index is 2.66. The van der Waals surface area contributed by atoms with Crippen molar-refractivity contribution in [2.45, 2.75) is 59.4 Å². The van der Waals surface area contributed by atoms with Crippen molar-refractivity contribution in [3.63, 3.8) is 0 Å². The van der Waals surface area contributed by atoms with Gasteiger partial charge in [0.05, 0.1) is 0 Å². The van der Waals surface area contributed by atoms with E-state index in [1.165, 1.54) is 0 Å². The Morgan fingerprint density at radius 1 is 1.33 bits per heavy atom. The molecule has 0 aliphatic heterocycles. The van der Waals surface area contributed by atoms with Crippen LogP contribution in [0.5, 0.6) is 0 Å². The number of carboxylic acids is 1. The second kappa shape index (κ2) is 5.72. The van der Waals surface area contributed by atoms with Gasteiger partial charge in [-0.1, -0.05) is 20.8 Å².